The van der Waals surface area contributed by atoms with Crippen LogP contribution < -0.4 is 0 Å². The van der Waals surface area contributed by atoms with Crippen LogP contribution in [0.1, 0.15) is 24.2 Å². The Kier molecular flexibility index (Phi) is 2.53. The zero-order chi connectivity index (χ0) is 11.0. The third-order valence-corrected chi connectivity index (χ3v) is 2.87. The first kappa shape index (κ1) is 10.2. The number of aromatic nitrogens is 1. The lowest BCUT2D eigenvalue weighted by molar-refractivity contribution is 0.101. The Hall–Kier alpha value is -1.28. The van der Waals surface area contributed by atoms with Gasteiger partial charge >= 0.3 is 0 Å². The van der Waals surface area contributed by atoms with E-state index in [2.05, 4.69) is 0 Å². The first-order chi connectivity index (χ1) is 7.15. The van der Waals surface area contributed by atoms with Crippen molar-refractivity contribution in [1.82, 2.24) is 4.57 Å². The molecular weight excluding hydrogens is 210 g/mol. The highest BCUT2D eigenvalue weighted by atomic mass is 35.5. The smallest absolute Gasteiger partial charge is 0.161 e. The van der Waals surface area contributed by atoms with Gasteiger partial charge in [0.15, 0.2) is 5.78 Å². The molecule has 0 spiro atoms. The summed E-state index contributed by atoms with van der Waals surface area (Å²) in [7, 11) is 0. The van der Waals surface area contributed by atoms with Gasteiger partial charge in [-0.2, -0.15) is 0 Å². The van der Waals surface area contributed by atoms with E-state index >= 15 is 0 Å². The standard InChI is InChI=1S/C12H12ClNO/c1-3-14-7-10(8(2)15)9-5-4-6-11(13)12(9)14/h4-7H,3H2,1-2H3. The zero-order valence-corrected chi connectivity index (χ0v) is 9.51. The number of carbonyl (C=O) groups excluding carboxylic acids is 1. The van der Waals surface area contributed by atoms with Crippen LogP contribution in [0.3, 0.4) is 0 Å². The minimum Gasteiger partial charge on any atom is -0.346 e. The molecule has 0 bridgehead atoms. The number of benzene rings is 1. The summed E-state index contributed by atoms with van der Waals surface area (Å²) < 4.78 is 2.01. The molecular formula is C12H12ClNO. The first-order valence-electron chi connectivity index (χ1n) is 4.93. The van der Waals surface area contributed by atoms with Crippen molar-refractivity contribution in [2.75, 3.05) is 0 Å². The van der Waals surface area contributed by atoms with E-state index in [1.54, 1.807) is 6.92 Å². The lowest BCUT2D eigenvalue weighted by Gasteiger charge is -2.01. The van der Waals surface area contributed by atoms with Crippen LogP contribution in [0, 0.1) is 0 Å². The Morgan fingerprint density at radius 3 is 2.80 bits per heavy atom. The van der Waals surface area contributed by atoms with Crippen molar-refractivity contribution in [3.8, 4) is 0 Å². The molecule has 0 fully saturated rings. The second kappa shape index (κ2) is 3.70. The molecule has 15 heavy (non-hydrogen) atoms. The van der Waals surface area contributed by atoms with Crippen LogP contribution in [0.15, 0.2) is 24.4 Å². The minimum atomic E-state index is 0.0782. The topological polar surface area (TPSA) is 22.0 Å². The summed E-state index contributed by atoms with van der Waals surface area (Å²) in [4.78, 5) is 11.4. The van der Waals surface area contributed by atoms with Crippen molar-refractivity contribution in [3.05, 3.63) is 35.0 Å². The molecule has 2 nitrogen and oxygen atoms in total. The van der Waals surface area contributed by atoms with Crippen molar-refractivity contribution in [1.29, 1.82) is 0 Å². The van der Waals surface area contributed by atoms with E-state index in [9.17, 15) is 4.79 Å². The average molecular weight is 222 g/mol. The van der Waals surface area contributed by atoms with Crippen molar-refractivity contribution >= 4 is 28.3 Å². The van der Waals surface area contributed by atoms with E-state index in [1.807, 2.05) is 35.9 Å². The van der Waals surface area contributed by atoms with Gasteiger partial charge in [0, 0.05) is 23.7 Å². The predicted octanol–water partition coefficient (Wildman–Crippen LogP) is 3.52. The molecule has 0 aliphatic carbocycles. The summed E-state index contributed by atoms with van der Waals surface area (Å²) >= 11 is 6.13. The van der Waals surface area contributed by atoms with Crippen LogP contribution >= 0.6 is 11.6 Å². The summed E-state index contributed by atoms with van der Waals surface area (Å²) in [5, 5.41) is 1.64. The number of fused-ring (bicyclic) bond motifs is 1. The lowest BCUT2D eigenvalue weighted by Crippen LogP contribution is -1.92. The maximum atomic E-state index is 11.4. The molecule has 0 radical (unpaired) electrons. The third-order valence-electron chi connectivity index (χ3n) is 2.57. The van der Waals surface area contributed by atoms with Crippen LogP contribution in [0.4, 0.5) is 0 Å². The van der Waals surface area contributed by atoms with Gasteiger partial charge in [-0.15, -0.1) is 0 Å². The second-order valence-corrected chi connectivity index (χ2v) is 3.93. The maximum absolute atomic E-state index is 11.4. The van der Waals surface area contributed by atoms with Gasteiger partial charge < -0.3 is 4.57 Å². The van der Waals surface area contributed by atoms with E-state index in [0.29, 0.717) is 5.02 Å². The SMILES string of the molecule is CCn1cc(C(C)=O)c2cccc(Cl)c21. The first-order valence-corrected chi connectivity index (χ1v) is 5.31. The number of para-hydroxylation sites is 1. The fourth-order valence-corrected chi connectivity index (χ4v) is 2.13. The van der Waals surface area contributed by atoms with Gasteiger partial charge in [-0.25, -0.2) is 0 Å². The van der Waals surface area contributed by atoms with Gasteiger partial charge in [0.25, 0.3) is 0 Å². The van der Waals surface area contributed by atoms with Crippen molar-refractivity contribution in [2.45, 2.75) is 20.4 Å². The molecule has 2 rings (SSSR count). The number of halogens is 1. The monoisotopic (exact) mass is 221 g/mol. The summed E-state index contributed by atoms with van der Waals surface area (Å²) in [6.45, 7) is 4.43. The number of rotatable bonds is 2. The van der Waals surface area contributed by atoms with Crippen molar-refractivity contribution < 1.29 is 4.79 Å². The van der Waals surface area contributed by atoms with E-state index < -0.39 is 0 Å². The number of hydrogen-bond donors (Lipinski definition) is 0. The Morgan fingerprint density at radius 1 is 1.47 bits per heavy atom. The normalized spacial score (nSPS) is 10.9. The highest BCUT2D eigenvalue weighted by molar-refractivity contribution is 6.35. The van der Waals surface area contributed by atoms with Crippen molar-refractivity contribution in [3.63, 3.8) is 0 Å². The van der Waals surface area contributed by atoms with E-state index in [1.165, 1.54) is 0 Å². The molecule has 0 saturated heterocycles. The molecule has 1 aromatic heterocycles. The van der Waals surface area contributed by atoms with Crippen LogP contribution in [0.2, 0.25) is 5.02 Å². The molecule has 0 unspecified atom stereocenters. The molecule has 0 N–H and O–H groups in total. The minimum absolute atomic E-state index is 0.0782. The predicted molar refractivity (Wildman–Crippen MR) is 62.6 cm³/mol. The summed E-state index contributed by atoms with van der Waals surface area (Å²) in [6.07, 6.45) is 1.87. The summed E-state index contributed by atoms with van der Waals surface area (Å²) in [5.74, 6) is 0.0782. The lowest BCUT2D eigenvalue weighted by atomic mass is 10.1. The van der Waals surface area contributed by atoms with Crippen LogP contribution in [0.5, 0.6) is 0 Å². The molecule has 0 aliphatic heterocycles. The zero-order valence-electron chi connectivity index (χ0n) is 8.75. The van der Waals surface area contributed by atoms with Crippen LogP contribution in [-0.4, -0.2) is 10.4 Å². The molecule has 0 amide bonds. The number of hydrogen-bond acceptors (Lipinski definition) is 1. The quantitative estimate of drug-likeness (QED) is 0.712. The molecule has 0 saturated carbocycles. The summed E-state index contributed by atoms with van der Waals surface area (Å²) in [6, 6.07) is 5.65. The molecule has 0 atom stereocenters. The number of aryl methyl sites for hydroxylation is 1. The van der Waals surface area contributed by atoms with E-state index in [0.717, 1.165) is 23.0 Å². The molecule has 2 aromatic rings. The second-order valence-electron chi connectivity index (χ2n) is 3.52. The molecule has 3 heteroatoms. The van der Waals surface area contributed by atoms with Crippen LogP contribution in [-0.2, 0) is 6.54 Å². The van der Waals surface area contributed by atoms with Gasteiger partial charge in [-0.1, -0.05) is 23.7 Å². The Labute approximate surface area is 93.5 Å². The highest BCUT2D eigenvalue weighted by Crippen LogP contribution is 2.28. The van der Waals surface area contributed by atoms with Gasteiger partial charge in [0.1, 0.15) is 0 Å². The third kappa shape index (κ3) is 1.55. The number of Topliss-reactive ketones (excluding diaryl/α,β-unsaturated/α-hetero) is 1. The van der Waals surface area contributed by atoms with Crippen LogP contribution in [0.25, 0.3) is 10.9 Å². The average Bonchev–Trinajstić information content (AvgIpc) is 2.58. The highest BCUT2D eigenvalue weighted by Gasteiger charge is 2.12. The van der Waals surface area contributed by atoms with Gasteiger partial charge in [-0.05, 0) is 19.9 Å². The maximum Gasteiger partial charge on any atom is 0.161 e. The molecule has 78 valence electrons. The molecule has 0 aliphatic rings. The summed E-state index contributed by atoms with van der Waals surface area (Å²) in [5.41, 5.74) is 1.70. The molecule has 1 aromatic carbocycles. The van der Waals surface area contributed by atoms with Crippen molar-refractivity contribution in [2.24, 2.45) is 0 Å². The Bertz CT molecular complexity index is 528. The largest absolute Gasteiger partial charge is 0.346 e. The fourth-order valence-electron chi connectivity index (χ4n) is 1.84. The van der Waals surface area contributed by atoms with Gasteiger partial charge in [-0.3, -0.25) is 4.79 Å². The van der Waals surface area contributed by atoms with E-state index in [-0.39, 0.29) is 5.78 Å². The van der Waals surface area contributed by atoms with Gasteiger partial charge in [0.05, 0.1) is 10.5 Å². The fraction of sp³-hybridized carbons (Fsp3) is 0.250. The Balaban J connectivity index is 2.87. The number of nitrogens with zero attached hydrogens (tertiary/aromatic N) is 1. The van der Waals surface area contributed by atoms with E-state index in [4.69, 9.17) is 11.6 Å². The number of carbonyl (C=O) groups is 1. The molecule has 1 heterocycles. The number of ketones is 1. The van der Waals surface area contributed by atoms with Gasteiger partial charge in [0.2, 0.25) is 0 Å². The Morgan fingerprint density at radius 2 is 2.20 bits per heavy atom.